The van der Waals surface area contributed by atoms with Gasteiger partial charge in [0.15, 0.2) is 0 Å². The molecule has 2 heteroatoms. The highest BCUT2D eigenvalue weighted by Crippen LogP contribution is 2.40. The van der Waals surface area contributed by atoms with Crippen molar-refractivity contribution in [3.8, 4) is 0 Å². The molecular formula is C19H26N2. The SMILES string of the molecule is CC1=CC(C)=C(C)C1c1ccccc1C=NNC(C)(C)C. The van der Waals surface area contributed by atoms with Crippen LogP contribution in [0.25, 0.3) is 0 Å². The van der Waals surface area contributed by atoms with E-state index in [1.165, 1.54) is 27.8 Å². The van der Waals surface area contributed by atoms with Gasteiger partial charge in [0.1, 0.15) is 0 Å². The van der Waals surface area contributed by atoms with Gasteiger partial charge >= 0.3 is 0 Å². The monoisotopic (exact) mass is 282 g/mol. The molecule has 1 aromatic carbocycles. The zero-order valence-corrected chi connectivity index (χ0v) is 14.0. The lowest BCUT2D eigenvalue weighted by atomic mass is 9.86. The minimum atomic E-state index is -0.0129. The van der Waals surface area contributed by atoms with Crippen LogP contribution in [0.3, 0.4) is 0 Å². The maximum Gasteiger partial charge on any atom is 0.0543 e. The molecule has 0 aliphatic heterocycles. The molecule has 1 unspecified atom stereocenters. The highest BCUT2D eigenvalue weighted by atomic mass is 15.3. The predicted molar refractivity (Wildman–Crippen MR) is 91.8 cm³/mol. The van der Waals surface area contributed by atoms with Crippen molar-refractivity contribution in [2.24, 2.45) is 5.10 Å². The second-order valence-electron chi connectivity index (χ2n) is 6.94. The average Bonchev–Trinajstić information content (AvgIpc) is 2.63. The molecule has 21 heavy (non-hydrogen) atoms. The number of benzene rings is 1. The molecule has 0 bridgehead atoms. The lowest BCUT2D eigenvalue weighted by Crippen LogP contribution is -2.31. The van der Waals surface area contributed by atoms with Crippen molar-refractivity contribution in [2.75, 3.05) is 0 Å². The highest BCUT2D eigenvalue weighted by molar-refractivity contribution is 5.82. The highest BCUT2D eigenvalue weighted by Gasteiger charge is 2.23. The number of nitrogens with one attached hydrogen (secondary N) is 1. The van der Waals surface area contributed by atoms with Gasteiger partial charge in [-0.3, -0.25) is 0 Å². The van der Waals surface area contributed by atoms with E-state index in [0.29, 0.717) is 5.92 Å². The summed E-state index contributed by atoms with van der Waals surface area (Å²) in [6, 6.07) is 8.53. The van der Waals surface area contributed by atoms with E-state index in [-0.39, 0.29) is 5.54 Å². The second kappa shape index (κ2) is 5.88. The molecule has 1 aliphatic rings. The van der Waals surface area contributed by atoms with Crippen LogP contribution in [0.4, 0.5) is 0 Å². The fourth-order valence-corrected chi connectivity index (χ4v) is 2.77. The van der Waals surface area contributed by atoms with Crippen LogP contribution in [0.1, 0.15) is 58.6 Å². The summed E-state index contributed by atoms with van der Waals surface area (Å²) in [6.07, 6.45) is 4.23. The number of allylic oxidation sites excluding steroid dienone is 4. The Morgan fingerprint density at radius 1 is 1.10 bits per heavy atom. The molecule has 0 fully saturated rings. The molecule has 1 N–H and O–H groups in total. The Bertz CT molecular complexity index is 613. The summed E-state index contributed by atoms with van der Waals surface area (Å²) in [4.78, 5) is 0. The van der Waals surface area contributed by atoms with Gasteiger partial charge in [-0.05, 0) is 52.7 Å². The maximum absolute atomic E-state index is 4.40. The summed E-state index contributed by atoms with van der Waals surface area (Å²) >= 11 is 0. The number of hydrogen-bond acceptors (Lipinski definition) is 2. The van der Waals surface area contributed by atoms with Crippen molar-refractivity contribution in [1.82, 2.24) is 5.43 Å². The number of nitrogens with zero attached hydrogens (tertiary/aromatic N) is 1. The number of hydrogen-bond donors (Lipinski definition) is 1. The quantitative estimate of drug-likeness (QED) is 0.625. The molecule has 1 atom stereocenters. The minimum absolute atomic E-state index is 0.0129. The Kier molecular flexibility index (Phi) is 4.36. The molecule has 0 saturated heterocycles. The smallest absolute Gasteiger partial charge is 0.0543 e. The van der Waals surface area contributed by atoms with E-state index in [1.54, 1.807) is 0 Å². The first-order valence-electron chi connectivity index (χ1n) is 7.54. The summed E-state index contributed by atoms with van der Waals surface area (Å²) in [6.45, 7) is 13.0. The molecule has 1 aliphatic carbocycles. The largest absolute Gasteiger partial charge is 0.305 e. The Hall–Kier alpha value is -1.83. The van der Waals surface area contributed by atoms with E-state index in [0.717, 1.165) is 0 Å². The minimum Gasteiger partial charge on any atom is -0.305 e. The third-order valence-electron chi connectivity index (χ3n) is 3.87. The Morgan fingerprint density at radius 2 is 1.76 bits per heavy atom. The van der Waals surface area contributed by atoms with Crippen molar-refractivity contribution in [1.29, 1.82) is 0 Å². The fraction of sp³-hybridized carbons (Fsp3) is 0.421. The van der Waals surface area contributed by atoms with Crippen LogP contribution < -0.4 is 5.43 Å². The lowest BCUT2D eigenvalue weighted by molar-refractivity contribution is 0.442. The van der Waals surface area contributed by atoms with Crippen LogP contribution in [0.5, 0.6) is 0 Å². The summed E-state index contributed by atoms with van der Waals surface area (Å²) < 4.78 is 0. The first-order chi connectivity index (χ1) is 9.79. The van der Waals surface area contributed by atoms with E-state index >= 15 is 0 Å². The van der Waals surface area contributed by atoms with Crippen LogP contribution in [0.15, 0.2) is 52.2 Å². The molecule has 0 saturated carbocycles. The van der Waals surface area contributed by atoms with Gasteiger partial charge in [0.2, 0.25) is 0 Å². The van der Waals surface area contributed by atoms with Crippen LogP contribution >= 0.6 is 0 Å². The van der Waals surface area contributed by atoms with Crippen molar-refractivity contribution in [3.05, 3.63) is 58.2 Å². The van der Waals surface area contributed by atoms with Crippen LogP contribution in [-0.2, 0) is 0 Å². The average molecular weight is 282 g/mol. The molecule has 0 heterocycles. The summed E-state index contributed by atoms with van der Waals surface area (Å²) in [5.74, 6) is 0.391. The molecular weight excluding hydrogens is 256 g/mol. The summed E-state index contributed by atoms with van der Waals surface area (Å²) in [7, 11) is 0. The van der Waals surface area contributed by atoms with Gasteiger partial charge in [-0.15, -0.1) is 0 Å². The number of hydrazone groups is 1. The zero-order valence-electron chi connectivity index (χ0n) is 14.0. The van der Waals surface area contributed by atoms with Crippen LogP contribution in [-0.4, -0.2) is 11.8 Å². The van der Waals surface area contributed by atoms with Crippen molar-refractivity contribution in [2.45, 2.75) is 53.0 Å². The molecule has 112 valence electrons. The normalized spacial score (nSPS) is 19.3. The predicted octanol–water partition coefficient (Wildman–Crippen LogP) is 4.79. The molecule has 0 spiro atoms. The molecule has 1 aromatic rings. The zero-order chi connectivity index (χ0) is 15.6. The third-order valence-corrected chi connectivity index (χ3v) is 3.87. The lowest BCUT2D eigenvalue weighted by Gasteiger charge is -2.19. The topological polar surface area (TPSA) is 24.4 Å². The maximum atomic E-state index is 4.40. The molecule has 2 nitrogen and oxygen atoms in total. The Labute approximate surface area is 128 Å². The molecule has 0 amide bonds. The Morgan fingerprint density at radius 3 is 2.33 bits per heavy atom. The van der Waals surface area contributed by atoms with Crippen molar-refractivity contribution >= 4 is 6.21 Å². The van der Waals surface area contributed by atoms with Crippen LogP contribution in [0.2, 0.25) is 0 Å². The molecule has 0 radical (unpaired) electrons. The van der Waals surface area contributed by atoms with Gasteiger partial charge in [-0.2, -0.15) is 5.10 Å². The molecule has 2 rings (SSSR count). The van der Waals surface area contributed by atoms with Crippen molar-refractivity contribution in [3.63, 3.8) is 0 Å². The van der Waals surface area contributed by atoms with Gasteiger partial charge in [-0.1, -0.05) is 47.1 Å². The van der Waals surface area contributed by atoms with E-state index in [1.807, 2.05) is 6.21 Å². The summed E-state index contributed by atoms with van der Waals surface area (Å²) in [5.41, 5.74) is 9.90. The fourth-order valence-electron chi connectivity index (χ4n) is 2.77. The van der Waals surface area contributed by atoms with E-state index in [4.69, 9.17) is 0 Å². The van der Waals surface area contributed by atoms with Gasteiger partial charge in [0, 0.05) is 11.5 Å². The first kappa shape index (κ1) is 15.6. The first-order valence-corrected chi connectivity index (χ1v) is 7.54. The van der Waals surface area contributed by atoms with Gasteiger partial charge < -0.3 is 5.43 Å². The number of rotatable bonds is 3. The van der Waals surface area contributed by atoms with Gasteiger partial charge in [-0.25, -0.2) is 0 Å². The Balaban J connectivity index is 2.33. The second-order valence-corrected chi connectivity index (χ2v) is 6.94. The van der Waals surface area contributed by atoms with E-state index in [2.05, 4.69) is 82.4 Å². The summed E-state index contributed by atoms with van der Waals surface area (Å²) in [5, 5.41) is 4.40. The van der Waals surface area contributed by atoms with E-state index < -0.39 is 0 Å². The third kappa shape index (κ3) is 3.63. The molecule has 0 aromatic heterocycles. The van der Waals surface area contributed by atoms with Gasteiger partial charge in [0.25, 0.3) is 0 Å². The van der Waals surface area contributed by atoms with Crippen molar-refractivity contribution < 1.29 is 0 Å². The van der Waals surface area contributed by atoms with E-state index in [9.17, 15) is 0 Å². The van der Waals surface area contributed by atoms with Crippen LogP contribution in [0, 0.1) is 0 Å². The van der Waals surface area contributed by atoms with Gasteiger partial charge in [0.05, 0.1) is 6.21 Å². The standard InChI is InChI=1S/C19H26N2/c1-13-11-14(2)18(15(13)3)17-10-8-7-9-16(17)12-20-21-19(4,5)6/h7-12,18,21H,1-6H3.